The monoisotopic (exact) mass is 298 g/mol. The zero-order valence-electron chi connectivity index (χ0n) is 11.4. The molecule has 0 heterocycles. The van der Waals surface area contributed by atoms with Crippen molar-refractivity contribution in [1.29, 1.82) is 5.26 Å². The second-order valence-electron chi connectivity index (χ2n) is 4.51. The molecule has 2 aromatic carbocycles. The Balaban J connectivity index is 2.24. The fraction of sp³-hybridized carbons (Fsp3) is 0.176. The van der Waals surface area contributed by atoms with Gasteiger partial charge in [0, 0.05) is 12.2 Å². The lowest BCUT2D eigenvalue weighted by molar-refractivity contribution is -0.118. The molecule has 0 aliphatic carbocycles. The van der Waals surface area contributed by atoms with Crippen LogP contribution in [0.3, 0.4) is 0 Å². The van der Waals surface area contributed by atoms with Crippen LogP contribution >= 0.6 is 11.6 Å². The highest BCUT2D eigenvalue weighted by Gasteiger charge is 2.24. The minimum absolute atomic E-state index is 0.218. The molecule has 0 spiro atoms. The Morgan fingerprint density at radius 2 is 1.67 bits per heavy atom. The summed E-state index contributed by atoms with van der Waals surface area (Å²) in [4.78, 5) is 14.2. The molecule has 0 bridgehead atoms. The van der Waals surface area contributed by atoms with E-state index < -0.39 is 5.38 Å². The summed E-state index contributed by atoms with van der Waals surface area (Å²) in [5, 5.41) is 8.02. The number of nitrogens with zero attached hydrogens (tertiary/aromatic N) is 2. The molecular formula is C17H15ClN2O. The topological polar surface area (TPSA) is 44.1 Å². The van der Waals surface area contributed by atoms with Gasteiger partial charge in [-0.05, 0) is 17.7 Å². The van der Waals surface area contributed by atoms with Crippen LogP contribution in [0.2, 0.25) is 0 Å². The molecular weight excluding hydrogens is 284 g/mol. The van der Waals surface area contributed by atoms with Crippen LogP contribution < -0.4 is 4.90 Å². The van der Waals surface area contributed by atoms with E-state index in [9.17, 15) is 4.79 Å². The van der Waals surface area contributed by atoms with Crippen molar-refractivity contribution >= 4 is 23.2 Å². The molecule has 21 heavy (non-hydrogen) atoms. The van der Waals surface area contributed by atoms with Gasteiger partial charge in [0.15, 0.2) is 0 Å². The zero-order chi connectivity index (χ0) is 15.1. The average molecular weight is 299 g/mol. The van der Waals surface area contributed by atoms with Crippen molar-refractivity contribution in [3.63, 3.8) is 0 Å². The van der Waals surface area contributed by atoms with E-state index in [-0.39, 0.29) is 12.3 Å². The summed E-state index contributed by atoms with van der Waals surface area (Å²) in [5.74, 6) is -0.218. The van der Waals surface area contributed by atoms with Crippen LogP contribution in [0.1, 0.15) is 17.4 Å². The molecule has 0 aromatic heterocycles. The number of halogens is 1. The molecule has 2 aromatic rings. The first-order chi connectivity index (χ1) is 10.2. The van der Waals surface area contributed by atoms with E-state index in [4.69, 9.17) is 16.9 Å². The lowest BCUT2D eigenvalue weighted by atomic mass is 10.1. The fourth-order valence-electron chi connectivity index (χ4n) is 2.04. The van der Waals surface area contributed by atoms with Crippen molar-refractivity contribution in [3.05, 3.63) is 66.2 Å². The maximum atomic E-state index is 12.6. The maximum Gasteiger partial charge on any atom is 0.249 e. The molecule has 1 amide bonds. The van der Waals surface area contributed by atoms with Crippen molar-refractivity contribution in [2.45, 2.75) is 11.8 Å². The average Bonchev–Trinajstić information content (AvgIpc) is 2.56. The second kappa shape index (κ2) is 7.47. The summed E-state index contributed by atoms with van der Waals surface area (Å²) in [6.45, 7) is 0.329. The first-order valence-electron chi connectivity index (χ1n) is 6.66. The van der Waals surface area contributed by atoms with Gasteiger partial charge in [-0.1, -0.05) is 48.5 Å². The summed E-state index contributed by atoms with van der Waals surface area (Å²) in [6.07, 6.45) is 0.263. The van der Waals surface area contributed by atoms with E-state index in [1.807, 2.05) is 60.7 Å². The van der Waals surface area contributed by atoms with Gasteiger partial charge in [-0.15, -0.1) is 11.6 Å². The number of hydrogen-bond donors (Lipinski definition) is 0. The Morgan fingerprint density at radius 3 is 2.24 bits per heavy atom. The quantitative estimate of drug-likeness (QED) is 0.785. The van der Waals surface area contributed by atoms with Crippen molar-refractivity contribution in [1.82, 2.24) is 0 Å². The summed E-state index contributed by atoms with van der Waals surface area (Å²) >= 11 is 6.31. The Labute approximate surface area is 129 Å². The number of carbonyl (C=O) groups is 1. The lowest BCUT2D eigenvalue weighted by Gasteiger charge is -2.24. The molecule has 0 aliphatic heterocycles. The highest BCUT2D eigenvalue weighted by atomic mass is 35.5. The van der Waals surface area contributed by atoms with Gasteiger partial charge in [0.1, 0.15) is 5.38 Å². The van der Waals surface area contributed by atoms with Gasteiger partial charge in [0.05, 0.1) is 12.5 Å². The predicted molar refractivity (Wildman–Crippen MR) is 84.1 cm³/mol. The van der Waals surface area contributed by atoms with Crippen molar-refractivity contribution in [3.8, 4) is 6.07 Å². The van der Waals surface area contributed by atoms with E-state index in [1.54, 1.807) is 4.90 Å². The number of alkyl halides is 1. The van der Waals surface area contributed by atoms with E-state index >= 15 is 0 Å². The molecule has 1 unspecified atom stereocenters. The molecule has 4 heteroatoms. The number of para-hydroxylation sites is 1. The van der Waals surface area contributed by atoms with Crippen LogP contribution in [0.15, 0.2) is 60.7 Å². The van der Waals surface area contributed by atoms with Crippen LogP contribution in [-0.2, 0) is 4.79 Å². The molecule has 0 N–H and O–H groups in total. The molecule has 106 valence electrons. The maximum absolute atomic E-state index is 12.6. The van der Waals surface area contributed by atoms with E-state index in [1.165, 1.54) is 0 Å². The van der Waals surface area contributed by atoms with Gasteiger partial charge in [0.2, 0.25) is 5.91 Å². The lowest BCUT2D eigenvalue weighted by Crippen LogP contribution is -2.34. The van der Waals surface area contributed by atoms with Crippen LogP contribution in [0.5, 0.6) is 0 Å². The van der Waals surface area contributed by atoms with Gasteiger partial charge >= 0.3 is 0 Å². The Morgan fingerprint density at radius 1 is 1.10 bits per heavy atom. The molecule has 0 fully saturated rings. The van der Waals surface area contributed by atoms with Crippen LogP contribution in [0.4, 0.5) is 5.69 Å². The molecule has 0 radical (unpaired) electrons. The summed E-state index contributed by atoms with van der Waals surface area (Å²) in [6, 6.07) is 20.5. The molecule has 0 aliphatic rings. The van der Waals surface area contributed by atoms with E-state index in [0.29, 0.717) is 6.54 Å². The normalized spacial score (nSPS) is 11.4. The van der Waals surface area contributed by atoms with Gasteiger partial charge in [0.25, 0.3) is 0 Å². The number of anilines is 1. The largest absolute Gasteiger partial charge is 0.310 e. The third-order valence-corrected chi connectivity index (χ3v) is 3.53. The predicted octanol–water partition coefficient (Wildman–Crippen LogP) is 3.91. The summed E-state index contributed by atoms with van der Waals surface area (Å²) in [7, 11) is 0. The third-order valence-electron chi connectivity index (χ3n) is 3.09. The number of carbonyl (C=O) groups excluding carboxylic acids is 1. The molecule has 1 atom stereocenters. The van der Waals surface area contributed by atoms with Crippen LogP contribution in [-0.4, -0.2) is 12.5 Å². The van der Waals surface area contributed by atoms with Crippen LogP contribution in [0.25, 0.3) is 0 Å². The van der Waals surface area contributed by atoms with Gasteiger partial charge in [-0.3, -0.25) is 4.79 Å². The van der Waals surface area contributed by atoms with Crippen LogP contribution in [0, 0.1) is 11.3 Å². The fourth-order valence-corrected chi connectivity index (χ4v) is 2.30. The van der Waals surface area contributed by atoms with Crippen molar-refractivity contribution in [2.75, 3.05) is 11.4 Å². The SMILES string of the molecule is N#CCCN(C(=O)C(Cl)c1ccccc1)c1ccccc1. The minimum atomic E-state index is -0.759. The van der Waals surface area contributed by atoms with E-state index in [2.05, 4.69) is 6.07 Å². The second-order valence-corrected chi connectivity index (χ2v) is 4.94. The standard InChI is InChI=1S/C17H15ClN2O/c18-16(14-8-3-1-4-9-14)17(21)20(13-7-12-19)15-10-5-2-6-11-15/h1-6,8-11,16H,7,13H2. The number of rotatable bonds is 5. The molecule has 2 rings (SSSR count). The van der Waals surface area contributed by atoms with Gasteiger partial charge in [-0.25, -0.2) is 0 Å². The zero-order valence-corrected chi connectivity index (χ0v) is 12.2. The van der Waals surface area contributed by atoms with Crippen molar-refractivity contribution in [2.24, 2.45) is 0 Å². The summed E-state index contributed by atoms with van der Waals surface area (Å²) < 4.78 is 0. The minimum Gasteiger partial charge on any atom is -0.310 e. The Hall–Kier alpha value is -2.31. The highest BCUT2D eigenvalue weighted by Crippen LogP contribution is 2.26. The number of benzene rings is 2. The third kappa shape index (κ3) is 3.84. The highest BCUT2D eigenvalue weighted by molar-refractivity contribution is 6.32. The number of nitriles is 1. The smallest absolute Gasteiger partial charge is 0.249 e. The first-order valence-corrected chi connectivity index (χ1v) is 7.10. The van der Waals surface area contributed by atoms with Crippen molar-refractivity contribution < 1.29 is 4.79 Å². The molecule has 0 saturated heterocycles. The van der Waals surface area contributed by atoms with Gasteiger partial charge < -0.3 is 4.90 Å². The Kier molecular flexibility index (Phi) is 5.36. The van der Waals surface area contributed by atoms with Gasteiger partial charge in [-0.2, -0.15) is 5.26 Å². The van der Waals surface area contributed by atoms with E-state index in [0.717, 1.165) is 11.3 Å². The number of hydrogen-bond acceptors (Lipinski definition) is 2. The summed E-state index contributed by atoms with van der Waals surface area (Å²) in [5.41, 5.74) is 1.50. The Bertz CT molecular complexity index is 622. The molecule has 0 saturated carbocycles. The molecule has 3 nitrogen and oxygen atoms in total. The number of amides is 1. The first kappa shape index (κ1) is 15.1.